The Morgan fingerprint density at radius 1 is 1.22 bits per heavy atom. The number of ether oxygens (including phenoxy) is 1. The average molecular weight is 332 g/mol. The van der Waals surface area contributed by atoms with Crippen LogP contribution in [0.5, 0.6) is 5.75 Å². The van der Waals surface area contributed by atoms with Gasteiger partial charge in [-0.3, -0.25) is 4.99 Å². The number of aliphatic imine (C=N–C) groups is 1. The van der Waals surface area contributed by atoms with Gasteiger partial charge in [0.25, 0.3) is 0 Å². The quantitative estimate of drug-likeness (QED) is 0.653. The van der Waals surface area contributed by atoms with Gasteiger partial charge in [0.2, 0.25) is 0 Å². The Morgan fingerprint density at radius 2 is 1.96 bits per heavy atom. The number of rotatable bonds is 5. The lowest BCUT2D eigenvalue weighted by Gasteiger charge is -2.12. The van der Waals surface area contributed by atoms with Crippen LogP contribution in [0.15, 0.2) is 23.2 Å². The first kappa shape index (κ1) is 17.3. The number of benzene rings is 1. The molecule has 0 aliphatic heterocycles. The summed E-state index contributed by atoms with van der Waals surface area (Å²) in [6, 6.07) is 6.16. The molecular weight excluding hydrogens is 308 g/mol. The van der Waals surface area contributed by atoms with E-state index in [1.807, 2.05) is 19.9 Å². The number of nitrogens with one attached hydrogen (secondary N) is 2. The van der Waals surface area contributed by atoms with Crippen molar-refractivity contribution >= 4 is 17.3 Å². The Kier molecular flexibility index (Phi) is 5.98. The van der Waals surface area contributed by atoms with Gasteiger partial charge in [-0.05, 0) is 38.0 Å². The molecule has 0 saturated heterocycles. The Bertz CT molecular complexity index is 674. The van der Waals surface area contributed by atoms with Crippen molar-refractivity contribution in [2.75, 3.05) is 14.2 Å². The second-order valence-electron chi connectivity index (χ2n) is 5.33. The van der Waals surface area contributed by atoms with Gasteiger partial charge in [-0.15, -0.1) is 11.3 Å². The first-order valence-corrected chi connectivity index (χ1v) is 8.36. The minimum absolute atomic E-state index is 0.681. The third kappa shape index (κ3) is 4.69. The highest BCUT2D eigenvalue weighted by atomic mass is 32.1. The standard InChI is InChI=1S/C17H24N4OS/c1-11-8-14(6-7-15(11)22-5)9-19-17(18-4)20-10-16-21-12(2)13(3)23-16/h6-8H,9-10H2,1-5H3,(H2,18,19,20). The van der Waals surface area contributed by atoms with Crippen molar-refractivity contribution in [2.45, 2.75) is 33.9 Å². The Balaban J connectivity index is 1.88. The summed E-state index contributed by atoms with van der Waals surface area (Å²) in [6.45, 7) is 7.56. The lowest BCUT2D eigenvalue weighted by molar-refractivity contribution is 0.411. The highest BCUT2D eigenvalue weighted by molar-refractivity contribution is 7.11. The Hall–Kier alpha value is -2.08. The van der Waals surface area contributed by atoms with E-state index in [0.29, 0.717) is 13.1 Å². The van der Waals surface area contributed by atoms with Crippen molar-refractivity contribution in [3.05, 3.63) is 44.9 Å². The van der Waals surface area contributed by atoms with Crippen molar-refractivity contribution in [1.82, 2.24) is 15.6 Å². The lowest BCUT2D eigenvalue weighted by atomic mass is 10.1. The van der Waals surface area contributed by atoms with Crippen molar-refractivity contribution in [1.29, 1.82) is 0 Å². The molecule has 6 heteroatoms. The van der Waals surface area contributed by atoms with E-state index in [2.05, 4.69) is 39.7 Å². The maximum atomic E-state index is 5.28. The number of aryl methyl sites for hydroxylation is 3. The molecule has 5 nitrogen and oxygen atoms in total. The molecule has 1 heterocycles. The van der Waals surface area contributed by atoms with E-state index in [-0.39, 0.29) is 0 Å². The molecular formula is C17H24N4OS. The minimum Gasteiger partial charge on any atom is -0.496 e. The monoisotopic (exact) mass is 332 g/mol. The fourth-order valence-corrected chi connectivity index (χ4v) is 3.10. The molecule has 1 aromatic carbocycles. The Morgan fingerprint density at radius 3 is 2.52 bits per heavy atom. The molecule has 124 valence electrons. The SMILES string of the molecule is CN=C(NCc1ccc(OC)c(C)c1)NCc1nc(C)c(C)s1. The van der Waals surface area contributed by atoms with Gasteiger partial charge in [-0.25, -0.2) is 4.98 Å². The number of methoxy groups -OCH3 is 1. The number of nitrogens with zero attached hydrogens (tertiary/aromatic N) is 2. The number of aromatic nitrogens is 1. The van der Waals surface area contributed by atoms with Crippen LogP contribution in [0, 0.1) is 20.8 Å². The molecule has 0 spiro atoms. The summed E-state index contributed by atoms with van der Waals surface area (Å²) in [5.41, 5.74) is 3.42. The second-order valence-corrected chi connectivity index (χ2v) is 6.62. The van der Waals surface area contributed by atoms with Crippen LogP contribution in [0.25, 0.3) is 0 Å². The van der Waals surface area contributed by atoms with Gasteiger partial charge in [-0.1, -0.05) is 12.1 Å². The summed E-state index contributed by atoms with van der Waals surface area (Å²) in [7, 11) is 3.46. The maximum Gasteiger partial charge on any atom is 0.191 e. The predicted octanol–water partition coefficient (Wildman–Crippen LogP) is 2.94. The molecule has 2 N–H and O–H groups in total. The van der Waals surface area contributed by atoms with Gasteiger partial charge in [-0.2, -0.15) is 0 Å². The highest BCUT2D eigenvalue weighted by Crippen LogP contribution is 2.18. The molecule has 0 bridgehead atoms. The van der Waals surface area contributed by atoms with E-state index < -0.39 is 0 Å². The molecule has 2 rings (SSSR count). The zero-order valence-electron chi connectivity index (χ0n) is 14.4. The van der Waals surface area contributed by atoms with Crippen molar-refractivity contribution in [3.8, 4) is 5.75 Å². The molecule has 0 aliphatic carbocycles. The minimum atomic E-state index is 0.681. The molecule has 0 atom stereocenters. The molecule has 1 aromatic heterocycles. The van der Waals surface area contributed by atoms with E-state index in [0.717, 1.165) is 28.0 Å². The van der Waals surface area contributed by atoms with Crippen LogP contribution in [0.1, 0.15) is 26.7 Å². The van der Waals surface area contributed by atoms with E-state index in [9.17, 15) is 0 Å². The van der Waals surface area contributed by atoms with Gasteiger partial charge in [0, 0.05) is 18.5 Å². The first-order chi connectivity index (χ1) is 11.0. The van der Waals surface area contributed by atoms with Gasteiger partial charge in [0.15, 0.2) is 5.96 Å². The van der Waals surface area contributed by atoms with Crippen LogP contribution in [0.3, 0.4) is 0 Å². The summed E-state index contributed by atoms with van der Waals surface area (Å²) in [5, 5.41) is 7.69. The highest BCUT2D eigenvalue weighted by Gasteiger charge is 2.05. The van der Waals surface area contributed by atoms with Crippen LogP contribution >= 0.6 is 11.3 Å². The van der Waals surface area contributed by atoms with Crippen LogP contribution in [-0.2, 0) is 13.1 Å². The molecule has 0 fully saturated rings. The third-order valence-electron chi connectivity index (χ3n) is 3.62. The fourth-order valence-electron chi connectivity index (χ4n) is 2.23. The summed E-state index contributed by atoms with van der Waals surface area (Å²) in [6.07, 6.45) is 0. The van der Waals surface area contributed by atoms with Crippen molar-refractivity contribution < 1.29 is 4.74 Å². The summed E-state index contributed by atoms with van der Waals surface area (Å²) in [5.74, 6) is 1.68. The van der Waals surface area contributed by atoms with Crippen LogP contribution < -0.4 is 15.4 Å². The van der Waals surface area contributed by atoms with Gasteiger partial charge >= 0.3 is 0 Å². The summed E-state index contributed by atoms with van der Waals surface area (Å²) < 4.78 is 5.28. The number of guanidine groups is 1. The number of hydrogen-bond donors (Lipinski definition) is 2. The zero-order valence-corrected chi connectivity index (χ0v) is 15.2. The average Bonchev–Trinajstić information content (AvgIpc) is 2.86. The van der Waals surface area contributed by atoms with Gasteiger partial charge in [0.05, 0.1) is 19.3 Å². The maximum absolute atomic E-state index is 5.28. The van der Waals surface area contributed by atoms with E-state index >= 15 is 0 Å². The first-order valence-electron chi connectivity index (χ1n) is 7.54. The summed E-state index contributed by atoms with van der Waals surface area (Å²) in [4.78, 5) is 10.0. The van der Waals surface area contributed by atoms with Crippen molar-refractivity contribution in [3.63, 3.8) is 0 Å². The molecule has 0 unspecified atom stereocenters. The molecule has 2 aromatic rings. The third-order valence-corrected chi connectivity index (χ3v) is 4.70. The number of hydrogen-bond acceptors (Lipinski definition) is 4. The van der Waals surface area contributed by atoms with E-state index in [4.69, 9.17) is 4.74 Å². The summed E-state index contributed by atoms with van der Waals surface area (Å²) >= 11 is 1.72. The van der Waals surface area contributed by atoms with Gasteiger partial charge < -0.3 is 15.4 Å². The normalized spacial score (nSPS) is 11.4. The van der Waals surface area contributed by atoms with E-state index in [1.54, 1.807) is 25.5 Å². The zero-order chi connectivity index (χ0) is 16.8. The second kappa shape index (κ2) is 7.97. The van der Waals surface area contributed by atoms with Crippen LogP contribution in [0.2, 0.25) is 0 Å². The fraction of sp³-hybridized carbons (Fsp3) is 0.412. The molecule has 0 aliphatic rings. The molecule has 0 saturated carbocycles. The molecule has 23 heavy (non-hydrogen) atoms. The Labute approximate surface area is 141 Å². The largest absolute Gasteiger partial charge is 0.496 e. The smallest absolute Gasteiger partial charge is 0.191 e. The lowest BCUT2D eigenvalue weighted by Crippen LogP contribution is -2.36. The van der Waals surface area contributed by atoms with E-state index in [1.165, 1.54) is 10.4 Å². The molecule has 0 amide bonds. The predicted molar refractivity (Wildman–Crippen MR) is 96.4 cm³/mol. The van der Waals surface area contributed by atoms with Gasteiger partial charge in [0.1, 0.15) is 10.8 Å². The molecule has 0 radical (unpaired) electrons. The van der Waals surface area contributed by atoms with Crippen molar-refractivity contribution in [2.24, 2.45) is 4.99 Å². The topological polar surface area (TPSA) is 58.5 Å². The number of thiazole rings is 1. The van der Waals surface area contributed by atoms with Crippen LogP contribution in [-0.4, -0.2) is 25.1 Å². The van der Waals surface area contributed by atoms with Crippen LogP contribution in [0.4, 0.5) is 0 Å².